The van der Waals surface area contributed by atoms with Crippen molar-refractivity contribution in [3.05, 3.63) is 51.6 Å². The zero-order valence-electron chi connectivity index (χ0n) is 11.0. The van der Waals surface area contributed by atoms with Crippen molar-refractivity contribution in [2.45, 2.75) is 12.5 Å². The minimum atomic E-state index is -1.02. The van der Waals surface area contributed by atoms with Gasteiger partial charge in [0.05, 0.1) is 3.57 Å². The highest BCUT2D eigenvalue weighted by Crippen LogP contribution is 2.28. The van der Waals surface area contributed by atoms with Gasteiger partial charge in [-0.15, -0.1) is 0 Å². The van der Waals surface area contributed by atoms with Crippen molar-refractivity contribution in [2.24, 2.45) is 5.73 Å². The number of carboxylic acid groups (broad SMARTS) is 1. The number of halogens is 1. The largest absolute Gasteiger partial charge is 0.507 e. The van der Waals surface area contributed by atoms with Gasteiger partial charge in [0.15, 0.2) is 0 Å². The van der Waals surface area contributed by atoms with Crippen molar-refractivity contribution >= 4 is 28.6 Å². The average Bonchev–Trinajstić information content (AvgIpc) is 2.45. The van der Waals surface area contributed by atoms with Crippen molar-refractivity contribution < 1.29 is 19.7 Å². The maximum Gasteiger partial charge on any atom is 0.320 e. The van der Waals surface area contributed by atoms with Crippen LogP contribution in [0.4, 0.5) is 0 Å². The Balaban J connectivity index is 2.05. The Kier molecular flexibility index (Phi) is 5.03. The van der Waals surface area contributed by atoms with E-state index in [1.807, 2.05) is 22.6 Å². The average molecular weight is 399 g/mol. The lowest BCUT2D eigenvalue weighted by molar-refractivity contribution is -0.138. The quantitative estimate of drug-likeness (QED) is 0.673. The van der Waals surface area contributed by atoms with Gasteiger partial charge in [-0.3, -0.25) is 4.79 Å². The molecule has 6 heteroatoms. The van der Waals surface area contributed by atoms with Crippen LogP contribution in [0.25, 0.3) is 0 Å². The van der Waals surface area contributed by atoms with Gasteiger partial charge >= 0.3 is 5.97 Å². The third-order valence-corrected chi connectivity index (χ3v) is 3.72. The molecule has 0 fully saturated rings. The number of phenols is 1. The van der Waals surface area contributed by atoms with Gasteiger partial charge in [0, 0.05) is 0 Å². The highest BCUT2D eigenvalue weighted by atomic mass is 127. The third kappa shape index (κ3) is 4.33. The Hall–Kier alpha value is -1.80. The standard InChI is InChI=1S/C15H14INO4/c16-12-8-11(5-6-14(12)18)21-10-3-1-9(2-4-10)7-13(17)15(19)20/h1-6,8,13,18H,7,17H2,(H,19,20). The highest BCUT2D eigenvalue weighted by molar-refractivity contribution is 14.1. The first kappa shape index (κ1) is 15.6. The Morgan fingerprint density at radius 1 is 1.19 bits per heavy atom. The molecular formula is C15H14INO4. The first-order valence-corrected chi connectivity index (χ1v) is 7.27. The summed E-state index contributed by atoms with van der Waals surface area (Å²) in [6.45, 7) is 0. The molecule has 0 amide bonds. The number of rotatable bonds is 5. The van der Waals surface area contributed by atoms with Crippen LogP contribution in [0.2, 0.25) is 0 Å². The molecule has 0 bridgehead atoms. The van der Waals surface area contributed by atoms with Gasteiger partial charge < -0.3 is 20.7 Å². The molecule has 0 aliphatic heterocycles. The molecule has 0 aliphatic carbocycles. The fourth-order valence-electron chi connectivity index (χ4n) is 1.72. The molecule has 2 rings (SSSR count). The van der Waals surface area contributed by atoms with Crippen LogP contribution in [0.1, 0.15) is 5.56 Å². The van der Waals surface area contributed by atoms with Crippen LogP contribution in [0.3, 0.4) is 0 Å². The van der Waals surface area contributed by atoms with Gasteiger partial charge in [-0.05, 0) is 64.9 Å². The summed E-state index contributed by atoms with van der Waals surface area (Å²) in [6.07, 6.45) is 0.271. The molecule has 0 spiro atoms. The first-order valence-electron chi connectivity index (χ1n) is 6.19. The summed E-state index contributed by atoms with van der Waals surface area (Å²) < 4.78 is 6.36. The maximum atomic E-state index is 10.7. The summed E-state index contributed by atoms with van der Waals surface area (Å²) in [5.74, 6) is 0.436. The number of benzene rings is 2. The van der Waals surface area contributed by atoms with Crippen LogP contribution in [0.15, 0.2) is 42.5 Å². The van der Waals surface area contributed by atoms with Gasteiger partial charge in [-0.25, -0.2) is 0 Å². The summed E-state index contributed by atoms with van der Waals surface area (Å²) in [6, 6.07) is 11.1. The third-order valence-electron chi connectivity index (χ3n) is 2.85. The summed E-state index contributed by atoms with van der Waals surface area (Å²) in [7, 11) is 0. The number of phenolic OH excluding ortho intramolecular Hbond substituents is 1. The van der Waals surface area contributed by atoms with Crippen LogP contribution < -0.4 is 10.5 Å². The molecular weight excluding hydrogens is 385 g/mol. The predicted octanol–water partition coefficient (Wildman–Crippen LogP) is 2.74. The van der Waals surface area contributed by atoms with Crippen molar-refractivity contribution in [1.29, 1.82) is 0 Å². The molecule has 0 aliphatic rings. The minimum absolute atomic E-state index is 0.209. The van der Waals surface area contributed by atoms with E-state index in [0.717, 1.165) is 5.56 Å². The van der Waals surface area contributed by atoms with E-state index >= 15 is 0 Å². The summed E-state index contributed by atoms with van der Waals surface area (Å²) in [5, 5.41) is 18.2. The number of carbonyl (C=O) groups is 1. The van der Waals surface area contributed by atoms with Crippen LogP contribution in [0.5, 0.6) is 17.2 Å². The number of aliphatic carboxylic acids is 1. The van der Waals surface area contributed by atoms with E-state index in [1.165, 1.54) is 0 Å². The molecule has 110 valence electrons. The molecule has 0 radical (unpaired) electrons. The molecule has 0 saturated heterocycles. The lowest BCUT2D eigenvalue weighted by Gasteiger charge is -2.09. The number of aromatic hydroxyl groups is 1. The van der Waals surface area contributed by atoms with E-state index in [-0.39, 0.29) is 12.2 Å². The normalized spacial score (nSPS) is 11.9. The lowest BCUT2D eigenvalue weighted by atomic mass is 10.1. The number of hydrogen-bond donors (Lipinski definition) is 3. The van der Waals surface area contributed by atoms with Crippen molar-refractivity contribution in [1.82, 2.24) is 0 Å². The highest BCUT2D eigenvalue weighted by Gasteiger charge is 2.12. The van der Waals surface area contributed by atoms with Gasteiger partial charge in [0.25, 0.3) is 0 Å². The van der Waals surface area contributed by atoms with E-state index in [9.17, 15) is 9.90 Å². The second kappa shape index (κ2) is 6.77. The first-order chi connectivity index (χ1) is 9.95. The summed E-state index contributed by atoms with van der Waals surface area (Å²) >= 11 is 2.02. The maximum absolute atomic E-state index is 10.7. The van der Waals surface area contributed by atoms with Crippen LogP contribution in [0, 0.1) is 3.57 Å². The zero-order chi connectivity index (χ0) is 15.4. The SMILES string of the molecule is NC(Cc1ccc(Oc2ccc(O)c(I)c2)cc1)C(=O)O. The fourth-order valence-corrected chi connectivity index (χ4v) is 2.21. The second-order valence-corrected chi connectivity index (χ2v) is 5.67. The van der Waals surface area contributed by atoms with Crippen LogP contribution >= 0.6 is 22.6 Å². The van der Waals surface area contributed by atoms with Crippen molar-refractivity contribution in [3.8, 4) is 17.2 Å². The molecule has 2 aromatic rings. The van der Waals surface area contributed by atoms with E-state index in [1.54, 1.807) is 42.5 Å². The Morgan fingerprint density at radius 2 is 1.81 bits per heavy atom. The Labute approximate surface area is 135 Å². The molecule has 5 nitrogen and oxygen atoms in total. The predicted molar refractivity (Wildman–Crippen MR) is 86.7 cm³/mol. The Morgan fingerprint density at radius 3 is 2.38 bits per heavy atom. The summed E-state index contributed by atoms with van der Waals surface area (Å²) in [5.41, 5.74) is 6.32. The van der Waals surface area contributed by atoms with E-state index in [4.69, 9.17) is 15.6 Å². The van der Waals surface area contributed by atoms with Crippen LogP contribution in [-0.4, -0.2) is 22.2 Å². The van der Waals surface area contributed by atoms with E-state index < -0.39 is 12.0 Å². The molecule has 2 aromatic carbocycles. The van der Waals surface area contributed by atoms with Gasteiger partial charge in [-0.2, -0.15) is 0 Å². The monoisotopic (exact) mass is 399 g/mol. The molecule has 4 N–H and O–H groups in total. The Bertz CT molecular complexity index is 643. The summed E-state index contributed by atoms with van der Waals surface area (Å²) in [4.78, 5) is 10.7. The zero-order valence-corrected chi connectivity index (χ0v) is 13.1. The van der Waals surface area contributed by atoms with E-state index in [2.05, 4.69) is 0 Å². The molecule has 0 saturated carbocycles. The van der Waals surface area contributed by atoms with Gasteiger partial charge in [0.2, 0.25) is 0 Å². The van der Waals surface area contributed by atoms with Gasteiger partial charge in [0.1, 0.15) is 23.3 Å². The molecule has 1 atom stereocenters. The van der Waals surface area contributed by atoms with E-state index in [0.29, 0.717) is 15.1 Å². The number of carboxylic acids is 1. The number of hydrogen-bond acceptors (Lipinski definition) is 4. The number of ether oxygens (including phenoxy) is 1. The molecule has 0 heterocycles. The molecule has 1 unspecified atom stereocenters. The molecule has 0 aromatic heterocycles. The van der Waals surface area contributed by atoms with Crippen LogP contribution in [-0.2, 0) is 11.2 Å². The second-order valence-electron chi connectivity index (χ2n) is 4.51. The molecule has 21 heavy (non-hydrogen) atoms. The number of nitrogens with two attached hydrogens (primary N) is 1. The lowest BCUT2D eigenvalue weighted by Crippen LogP contribution is -2.32. The topological polar surface area (TPSA) is 92.8 Å². The van der Waals surface area contributed by atoms with Crippen molar-refractivity contribution in [3.63, 3.8) is 0 Å². The van der Waals surface area contributed by atoms with Crippen molar-refractivity contribution in [2.75, 3.05) is 0 Å². The fraction of sp³-hybridized carbons (Fsp3) is 0.133. The van der Waals surface area contributed by atoms with Gasteiger partial charge in [-0.1, -0.05) is 12.1 Å². The minimum Gasteiger partial charge on any atom is -0.507 e. The smallest absolute Gasteiger partial charge is 0.320 e.